The lowest BCUT2D eigenvalue weighted by molar-refractivity contribution is -0.127. The number of carbonyl (C=O) groups is 1. The molecule has 0 atom stereocenters. The van der Waals surface area contributed by atoms with Gasteiger partial charge in [-0.25, -0.2) is 0 Å². The quantitative estimate of drug-likeness (QED) is 0.682. The minimum Gasteiger partial charge on any atom is -0.339 e. The van der Waals surface area contributed by atoms with E-state index in [-0.39, 0.29) is 5.91 Å². The fourth-order valence-corrected chi connectivity index (χ4v) is 3.75. The van der Waals surface area contributed by atoms with Gasteiger partial charge in [-0.2, -0.15) is 0 Å². The van der Waals surface area contributed by atoms with E-state index in [1.807, 2.05) is 0 Å². The third kappa shape index (κ3) is 4.67. The lowest BCUT2D eigenvalue weighted by atomic mass is 9.87. The molecular weight excluding hydrogens is 234 g/mol. The highest BCUT2D eigenvalue weighted by Crippen LogP contribution is 2.27. The lowest BCUT2D eigenvalue weighted by Crippen LogP contribution is -2.38. The molecule has 0 radical (unpaired) electrons. The molecule has 2 rings (SSSR count). The second-order valence-corrected chi connectivity index (χ2v) is 6.46. The summed E-state index contributed by atoms with van der Waals surface area (Å²) >= 11 is 0. The Morgan fingerprint density at radius 1 is 0.895 bits per heavy atom. The highest BCUT2D eigenvalue weighted by molar-refractivity contribution is 5.87. The van der Waals surface area contributed by atoms with Gasteiger partial charge in [-0.3, -0.25) is 4.79 Å². The van der Waals surface area contributed by atoms with Crippen molar-refractivity contribution in [3.63, 3.8) is 0 Å². The smallest absolute Gasteiger partial charge is 0.245 e. The molecule has 0 spiro atoms. The molecular formula is C17H29NO. The standard InChI is InChI=1S/C17H29NO/c1-2-17(19)18(13-15-9-5-3-6-10-15)14-16-11-7-4-8-12-16/h2,15-16H,1,3-14H2. The zero-order chi connectivity index (χ0) is 13.5. The van der Waals surface area contributed by atoms with Crippen LogP contribution in [-0.2, 0) is 4.79 Å². The van der Waals surface area contributed by atoms with E-state index in [1.54, 1.807) is 0 Å². The molecule has 0 aromatic carbocycles. The first-order chi connectivity index (χ1) is 9.29. The SMILES string of the molecule is C=CC(=O)N(CC1CCCCC1)CC1CCCCC1. The zero-order valence-electron chi connectivity index (χ0n) is 12.3. The van der Waals surface area contributed by atoms with Crippen LogP contribution in [0, 0.1) is 11.8 Å². The van der Waals surface area contributed by atoms with Crippen LogP contribution in [0.3, 0.4) is 0 Å². The van der Waals surface area contributed by atoms with Crippen molar-refractivity contribution < 1.29 is 4.79 Å². The average Bonchev–Trinajstić information content (AvgIpc) is 2.48. The Bertz CT molecular complexity index is 268. The number of rotatable bonds is 5. The van der Waals surface area contributed by atoms with Gasteiger partial charge in [0.25, 0.3) is 0 Å². The van der Waals surface area contributed by atoms with Gasteiger partial charge in [0.1, 0.15) is 0 Å². The summed E-state index contributed by atoms with van der Waals surface area (Å²) in [4.78, 5) is 14.2. The van der Waals surface area contributed by atoms with Crippen LogP contribution in [0.25, 0.3) is 0 Å². The molecule has 2 heteroatoms. The molecule has 2 aliphatic carbocycles. The van der Waals surface area contributed by atoms with Gasteiger partial charge in [-0.05, 0) is 43.6 Å². The number of amides is 1. The second-order valence-electron chi connectivity index (χ2n) is 6.46. The van der Waals surface area contributed by atoms with Crippen molar-refractivity contribution in [2.75, 3.05) is 13.1 Å². The van der Waals surface area contributed by atoms with Gasteiger partial charge in [0.15, 0.2) is 0 Å². The van der Waals surface area contributed by atoms with E-state index in [0.29, 0.717) is 0 Å². The van der Waals surface area contributed by atoms with Crippen LogP contribution in [0.15, 0.2) is 12.7 Å². The molecule has 0 unspecified atom stereocenters. The fourth-order valence-electron chi connectivity index (χ4n) is 3.75. The number of hydrogen-bond donors (Lipinski definition) is 0. The topological polar surface area (TPSA) is 20.3 Å². The van der Waals surface area contributed by atoms with Crippen molar-refractivity contribution in [3.05, 3.63) is 12.7 Å². The highest BCUT2D eigenvalue weighted by atomic mass is 16.2. The first kappa shape index (κ1) is 14.6. The van der Waals surface area contributed by atoms with Gasteiger partial charge in [-0.15, -0.1) is 0 Å². The minimum atomic E-state index is 0.149. The van der Waals surface area contributed by atoms with Crippen LogP contribution in [0.4, 0.5) is 0 Å². The van der Waals surface area contributed by atoms with Crippen molar-refractivity contribution in [2.45, 2.75) is 64.2 Å². The van der Waals surface area contributed by atoms with Gasteiger partial charge in [0.05, 0.1) is 0 Å². The predicted octanol–water partition coefficient (Wildman–Crippen LogP) is 4.16. The molecule has 19 heavy (non-hydrogen) atoms. The molecule has 0 aromatic rings. The molecule has 0 aliphatic heterocycles. The van der Waals surface area contributed by atoms with Crippen molar-refractivity contribution in [1.29, 1.82) is 0 Å². The van der Waals surface area contributed by atoms with Crippen LogP contribution in [0.2, 0.25) is 0 Å². The van der Waals surface area contributed by atoms with Gasteiger partial charge < -0.3 is 4.90 Å². The van der Waals surface area contributed by atoms with Crippen LogP contribution in [0.5, 0.6) is 0 Å². The third-order valence-corrected chi connectivity index (χ3v) is 4.89. The maximum atomic E-state index is 12.1. The molecule has 0 bridgehead atoms. The Hall–Kier alpha value is -0.790. The summed E-state index contributed by atoms with van der Waals surface area (Å²) in [6.07, 6.45) is 14.9. The van der Waals surface area contributed by atoms with E-state index < -0.39 is 0 Å². The van der Waals surface area contributed by atoms with Crippen LogP contribution >= 0.6 is 0 Å². The molecule has 2 fully saturated rings. The van der Waals surface area contributed by atoms with E-state index in [4.69, 9.17) is 0 Å². The van der Waals surface area contributed by atoms with Gasteiger partial charge in [-0.1, -0.05) is 45.1 Å². The van der Waals surface area contributed by atoms with Gasteiger partial charge in [0, 0.05) is 13.1 Å². The molecule has 2 saturated carbocycles. The summed E-state index contributed by atoms with van der Waals surface area (Å²) < 4.78 is 0. The summed E-state index contributed by atoms with van der Waals surface area (Å²) in [5.41, 5.74) is 0. The molecule has 108 valence electrons. The first-order valence-electron chi connectivity index (χ1n) is 8.21. The number of hydrogen-bond acceptors (Lipinski definition) is 1. The van der Waals surface area contributed by atoms with Crippen molar-refractivity contribution in [2.24, 2.45) is 11.8 Å². The molecule has 1 amide bonds. The van der Waals surface area contributed by atoms with E-state index >= 15 is 0 Å². The van der Waals surface area contributed by atoms with E-state index in [9.17, 15) is 4.79 Å². The second kappa shape index (κ2) is 7.72. The zero-order valence-corrected chi connectivity index (χ0v) is 12.3. The Morgan fingerprint density at radius 3 is 1.68 bits per heavy atom. The van der Waals surface area contributed by atoms with Crippen molar-refractivity contribution >= 4 is 5.91 Å². The fraction of sp³-hybridized carbons (Fsp3) is 0.824. The Kier molecular flexibility index (Phi) is 5.93. The summed E-state index contributed by atoms with van der Waals surface area (Å²) in [7, 11) is 0. The largest absolute Gasteiger partial charge is 0.339 e. The van der Waals surface area contributed by atoms with Crippen molar-refractivity contribution in [1.82, 2.24) is 4.90 Å². The molecule has 0 N–H and O–H groups in total. The Labute approximate surface area is 118 Å². The Morgan fingerprint density at radius 2 is 1.32 bits per heavy atom. The van der Waals surface area contributed by atoms with Gasteiger partial charge >= 0.3 is 0 Å². The monoisotopic (exact) mass is 263 g/mol. The van der Waals surface area contributed by atoms with Crippen LogP contribution in [-0.4, -0.2) is 23.9 Å². The molecule has 0 aromatic heterocycles. The highest BCUT2D eigenvalue weighted by Gasteiger charge is 2.23. The first-order valence-corrected chi connectivity index (χ1v) is 8.21. The summed E-state index contributed by atoms with van der Waals surface area (Å²) in [6, 6.07) is 0. The Balaban J connectivity index is 1.86. The summed E-state index contributed by atoms with van der Waals surface area (Å²) in [5, 5.41) is 0. The molecule has 0 saturated heterocycles. The molecule has 2 nitrogen and oxygen atoms in total. The van der Waals surface area contributed by atoms with Gasteiger partial charge in [0.2, 0.25) is 5.91 Å². The maximum absolute atomic E-state index is 12.1. The van der Waals surface area contributed by atoms with Crippen LogP contribution < -0.4 is 0 Å². The predicted molar refractivity (Wildman–Crippen MR) is 79.9 cm³/mol. The minimum absolute atomic E-state index is 0.149. The number of nitrogens with zero attached hydrogens (tertiary/aromatic N) is 1. The van der Waals surface area contributed by atoms with Crippen LogP contribution in [0.1, 0.15) is 64.2 Å². The summed E-state index contributed by atoms with van der Waals surface area (Å²) in [6.45, 7) is 5.62. The average molecular weight is 263 g/mol. The van der Waals surface area contributed by atoms with E-state index in [2.05, 4.69) is 11.5 Å². The molecule has 2 aliphatic rings. The van der Waals surface area contributed by atoms with E-state index in [0.717, 1.165) is 24.9 Å². The third-order valence-electron chi connectivity index (χ3n) is 4.89. The lowest BCUT2D eigenvalue weighted by Gasteiger charge is -2.33. The summed E-state index contributed by atoms with van der Waals surface area (Å²) in [5.74, 6) is 1.62. The normalized spacial score (nSPS) is 22.1. The molecule has 0 heterocycles. The van der Waals surface area contributed by atoms with E-state index in [1.165, 1.54) is 70.3 Å². The number of carbonyl (C=O) groups excluding carboxylic acids is 1. The van der Waals surface area contributed by atoms with Crippen molar-refractivity contribution in [3.8, 4) is 0 Å². The maximum Gasteiger partial charge on any atom is 0.245 e.